The molecule has 4 rings (SSSR count). The highest BCUT2D eigenvalue weighted by Crippen LogP contribution is 2.32. The smallest absolute Gasteiger partial charge is 0.270 e. The van der Waals surface area contributed by atoms with Crippen molar-refractivity contribution in [2.24, 2.45) is 0 Å². The highest BCUT2D eigenvalue weighted by atomic mass is 16.7. The van der Waals surface area contributed by atoms with Crippen LogP contribution in [0.2, 0.25) is 0 Å². The lowest BCUT2D eigenvalue weighted by Crippen LogP contribution is -2.25. The molecule has 0 bridgehead atoms. The van der Waals surface area contributed by atoms with E-state index in [4.69, 9.17) is 9.47 Å². The molecule has 0 atom stereocenters. The van der Waals surface area contributed by atoms with Gasteiger partial charge >= 0.3 is 0 Å². The van der Waals surface area contributed by atoms with Crippen LogP contribution in [0.3, 0.4) is 0 Å². The number of fused-ring (bicyclic) bond motifs is 1. The Labute approximate surface area is 170 Å². The zero-order chi connectivity index (χ0) is 20.1. The summed E-state index contributed by atoms with van der Waals surface area (Å²) < 4.78 is 10.7. The van der Waals surface area contributed by atoms with Crippen molar-refractivity contribution >= 4 is 11.6 Å². The van der Waals surface area contributed by atoms with Crippen molar-refractivity contribution in [3.8, 4) is 11.5 Å². The average molecular weight is 389 g/mol. The van der Waals surface area contributed by atoms with E-state index in [-0.39, 0.29) is 12.7 Å². The van der Waals surface area contributed by atoms with Crippen LogP contribution in [0, 0.1) is 0 Å². The zero-order valence-corrected chi connectivity index (χ0v) is 16.3. The zero-order valence-electron chi connectivity index (χ0n) is 16.3. The molecule has 1 N–H and O–H groups in total. The number of carbonyl (C=O) groups is 1. The van der Waals surface area contributed by atoms with Gasteiger partial charge in [-0.2, -0.15) is 0 Å². The first-order chi connectivity index (χ1) is 14.2. The minimum Gasteiger partial charge on any atom is -0.454 e. The molecule has 0 unspecified atom stereocenters. The van der Waals surface area contributed by atoms with Crippen molar-refractivity contribution < 1.29 is 14.3 Å². The van der Waals surface area contributed by atoms with Crippen LogP contribution in [0.15, 0.2) is 66.9 Å². The molecule has 3 aromatic rings. The van der Waals surface area contributed by atoms with Gasteiger partial charge in [-0.15, -0.1) is 0 Å². The fourth-order valence-electron chi connectivity index (χ4n) is 3.22. The Morgan fingerprint density at radius 1 is 1.03 bits per heavy atom. The molecular weight excluding hydrogens is 366 g/mol. The molecule has 6 nitrogen and oxygen atoms in total. The van der Waals surface area contributed by atoms with Crippen molar-refractivity contribution in [1.29, 1.82) is 0 Å². The Hall–Kier alpha value is -3.54. The lowest BCUT2D eigenvalue weighted by molar-refractivity contribution is 0.0946. The number of hydrogen-bond acceptors (Lipinski definition) is 5. The molecular formula is C23H23N3O3. The third-order valence-corrected chi connectivity index (χ3v) is 4.83. The number of nitrogens with zero attached hydrogens (tertiary/aromatic N) is 2. The lowest BCUT2D eigenvalue weighted by Gasteiger charge is -2.23. The van der Waals surface area contributed by atoms with Gasteiger partial charge in [0.1, 0.15) is 5.69 Å². The summed E-state index contributed by atoms with van der Waals surface area (Å²) in [6.07, 6.45) is 1.75. The van der Waals surface area contributed by atoms with Crippen LogP contribution >= 0.6 is 0 Å². The first kappa shape index (κ1) is 18.8. The summed E-state index contributed by atoms with van der Waals surface area (Å²) in [6, 6.07) is 19.6. The van der Waals surface area contributed by atoms with Gasteiger partial charge < -0.3 is 19.7 Å². The second-order valence-corrected chi connectivity index (χ2v) is 6.77. The summed E-state index contributed by atoms with van der Waals surface area (Å²) >= 11 is 0. The SMILES string of the molecule is CCN(Cc1ccccc1)c1ccc(C(=O)NCc2ccc3c(c2)OCO3)nc1. The normalized spacial score (nSPS) is 11.9. The largest absolute Gasteiger partial charge is 0.454 e. The summed E-state index contributed by atoms with van der Waals surface area (Å²) in [7, 11) is 0. The van der Waals surface area contributed by atoms with E-state index in [0.717, 1.165) is 30.1 Å². The van der Waals surface area contributed by atoms with E-state index < -0.39 is 0 Å². The minimum absolute atomic E-state index is 0.208. The van der Waals surface area contributed by atoms with E-state index in [2.05, 4.69) is 34.3 Å². The van der Waals surface area contributed by atoms with Crippen LogP contribution in [-0.4, -0.2) is 24.2 Å². The maximum atomic E-state index is 12.5. The van der Waals surface area contributed by atoms with Gasteiger partial charge in [0.15, 0.2) is 11.5 Å². The van der Waals surface area contributed by atoms with E-state index in [9.17, 15) is 4.79 Å². The number of rotatable bonds is 7. The third kappa shape index (κ3) is 4.48. The Balaban J connectivity index is 1.37. The Morgan fingerprint density at radius 2 is 1.86 bits per heavy atom. The lowest BCUT2D eigenvalue weighted by atomic mass is 10.2. The molecule has 0 saturated carbocycles. The maximum Gasteiger partial charge on any atom is 0.270 e. The highest BCUT2D eigenvalue weighted by molar-refractivity contribution is 5.92. The standard InChI is InChI=1S/C23H23N3O3/c1-2-26(15-17-6-4-3-5-7-17)19-9-10-20(24-14-19)23(27)25-13-18-8-11-21-22(12-18)29-16-28-21/h3-12,14H,2,13,15-16H2,1H3,(H,25,27). The minimum atomic E-state index is -0.208. The monoisotopic (exact) mass is 389 g/mol. The first-order valence-corrected chi connectivity index (χ1v) is 9.64. The van der Waals surface area contributed by atoms with Gasteiger partial charge in [-0.1, -0.05) is 36.4 Å². The molecule has 0 fully saturated rings. The average Bonchev–Trinajstić information content (AvgIpc) is 3.24. The van der Waals surface area contributed by atoms with Crippen molar-refractivity contribution in [2.75, 3.05) is 18.2 Å². The molecule has 1 amide bonds. The first-order valence-electron chi connectivity index (χ1n) is 9.64. The molecule has 0 spiro atoms. The predicted octanol–water partition coefficient (Wildman–Crippen LogP) is 3.77. The number of anilines is 1. The second-order valence-electron chi connectivity index (χ2n) is 6.77. The van der Waals surface area contributed by atoms with Crippen LogP contribution in [0.4, 0.5) is 5.69 Å². The highest BCUT2D eigenvalue weighted by Gasteiger charge is 2.14. The van der Waals surface area contributed by atoms with E-state index >= 15 is 0 Å². The molecule has 148 valence electrons. The van der Waals surface area contributed by atoms with Crippen LogP contribution in [0.25, 0.3) is 0 Å². The van der Waals surface area contributed by atoms with Crippen LogP contribution < -0.4 is 19.7 Å². The third-order valence-electron chi connectivity index (χ3n) is 4.83. The maximum absolute atomic E-state index is 12.5. The van der Waals surface area contributed by atoms with Gasteiger partial charge in [0.2, 0.25) is 6.79 Å². The molecule has 1 aliphatic heterocycles. The summed E-state index contributed by atoms with van der Waals surface area (Å²) in [6.45, 7) is 4.39. The number of carbonyl (C=O) groups excluding carboxylic acids is 1. The molecule has 1 aliphatic rings. The van der Waals surface area contributed by atoms with Crippen LogP contribution in [-0.2, 0) is 13.1 Å². The van der Waals surface area contributed by atoms with E-state index in [1.165, 1.54) is 5.56 Å². The molecule has 0 saturated heterocycles. The van der Waals surface area contributed by atoms with Gasteiger partial charge in [-0.05, 0) is 42.3 Å². The Morgan fingerprint density at radius 3 is 2.62 bits per heavy atom. The number of benzene rings is 2. The summed E-state index contributed by atoms with van der Waals surface area (Å²) in [4.78, 5) is 19.0. The number of ether oxygens (including phenoxy) is 2. The molecule has 6 heteroatoms. The van der Waals surface area contributed by atoms with Crippen LogP contribution in [0.5, 0.6) is 11.5 Å². The van der Waals surface area contributed by atoms with Gasteiger partial charge in [0.05, 0.1) is 11.9 Å². The van der Waals surface area contributed by atoms with E-state index in [1.807, 2.05) is 42.5 Å². The summed E-state index contributed by atoms with van der Waals surface area (Å²) in [5.41, 5.74) is 3.56. The number of amides is 1. The number of aromatic nitrogens is 1. The van der Waals surface area contributed by atoms with Gasteiger partial charge in [0.25, 0.3) is 5.91 Å². The van der Waals surface area contributed by atoms with Gasteiger partial charge in [-0.25, -0.2) is 4.98 Å². The van der Waals surface area contributed by atoms with Crippen molar-refractivity contribution in [3.05, 3.63) is 83.7 Å². The predicted molar refractivity (Wildman–Crippen MR) is 111 cm³/mol. The number of pyridine rings is 1. The Kier molecular flexibility index (Phi) is 5.61. The molecule has 2 heterocycles. The molecule has 0 radical (unpaired) electrons. The fraction of sp³-hybridized carbons (Fsp3) is 0.217. The van der Waals surface area contributed by atoms with E-state index in [0.29, 0.717) is 18.0 Å². The molecule has 0 aliphatic carbocycles. The van der Waals surface area contributed by atoms with Gasteiger partial charge in [-0.3, -0.25) is 4.79 Å². The Bertz CT molecular complexity index is 974. The van der Waals surface area contributed by atoms with Crippen molar-refractivity contribution in [3.63, 3.8) is 0 Å². The fourth-order valence-corrected chi connectivity index (χ4v) is 3.22. The summed E-state index contributed by atoms with van der Waals surface area (Å²) in [5, 5.41) is 2.90. The number of hydrogen-bond donors (Lipinski definition) is 1. The second kappa shape index (κ2) is 8.65. The molecule has 29 heavy (non-hydrogen) atoms. The molecule has 1 aromatic heterocycles. The molecule has 2 aromatic carbocycles. The van der Waals surface area contributed by atoms with Crippen LogP contribution in [0.1, 0.15) is 28.5 Å². The summed E-state index contributed by atoms with van der Waals surface area (Å²) in [5.74, 6) is 1.23. The van der Waals surface area contributed by atoms with Gasteiger partial charge in [0, 0.05) is 19.6 Å². The topological polar surface area (TPSA) is 63.7 Å². The van der Waals surface area contributed by atoms with Crippen molar-refractivity contribution in [2.45, 2.75) is 20.0 Å². The van der Waals surface area contributed by atoms with Crippen molar-refractivity contribution in [1.82, 2.24) is 10.3 Å². The number of nitrogens with one attached hydrogen (secondary N) is 1. The quantitative estimate of drug-likeness (QED) is 0.667. The van der Waals surface area contributed by atoms with E-state index in [1.54, 1.807) is 12.3 Å².